The summed E-state index contributed by atoms with van der Waals surface area (Å²) in [5.74, 6) is 1.09. The number of nitrogens with one attached hydrogen (secondary N) is 1. The van der Waals surface area contributed by atoms with E-state index in [1.165, 1.54) is 15.1 Å². The fraction of sp³-hybridized carbons (Fsp3) is 0.400. The van der Waals surface area contributed by atoms with Gasteiger partial charge >= 0.3 is 0 Å². The lowest BCUT2D eigenvalue weighted by molar-refractivity contribution is -0.119. The number of ether oxygens (including phenoxy) is 1. The summed E-state index contributed by atoms with van der Waals surface area (Å²) in [6.07, 6.45) is 1.65. The van der Waals surface area contributed by atoms with Crippen molar-refractivity contribution in [3.63, 3.8) is 0 Å². The third kappa shape index (κ3) is 1.77. The Morgan fingerprint density at radius 3 is 2.90 bits per heavy atom. The maximum Gasteiger partial charge on any atom is 0.220 e. The number of amides is 1. The molecule has 1 spiro atoms. The van der Waals surface area contributed by atoms with E-state index in [-0.39, 0.29) is 11.4 Å². The predicted octanol–water partition coefficient (Wildman–Crippen LogP) is 2.38. The van der Waals surface area contributed by atoms with Crippen molar-refractivity contribution in [1.82, 2.24) is 5.32 Å². The number of hydrogen-bond donors (Lipinski definition) is 1. The standard InChI is InChI=1S/C15H16N2O2S/c1-19-11-2-3-12-10(6-11)7-14(20-12)17-8-15(9-17)5-4-13(18)16-15/h2-3,6-7H,4-5,8-9H2,1H3,(H,16,18). The van der Waals surface area contributed by atoms with Crippen LogP contribution in [0.3, 0.4) is 0 Å². The lowest BCUT2D eigenvalue weighted by Gasteiger charge is -2.48. The van der Waals surface area contributed by atoms with E-state index in [0.717, 1.165) is 25.3 Å². The maximum atomic E-state index is 11.4. The van der Waals surface area contributed by atoms with Gasteiger partial charge in [-0.15, -0.1) is 11.3 Å². The first-order valence-electron chi connectivity index (χ1n) is 6.81. The molecule has 4 nitrogen and oxygen atoms in total. The molecule has 2 saturated heterocycles. The quantitative estimate of drug-likeness (QED) is 0.922. The molecule has 1 N–H and O–H groups in total. The number of anilines is 1. The molecule has 2 aliphatic rings. The first kappa shape index (κ1) is 12.0. The van der Waals surface area contributed by atoms with Crippen molar-refractivity contribution in [2.24, 2.45) is 0 Å². The van der Waals surface area contributed by atoms with Crippen LogP contribution >= 0.6 is 11.3 Å². The highest BCUT2D eigenvalue weighted by Crippen LogP contribution is 2.40. The molecule has 4 rings (SSSR count). The molecule has 0 unspecified atom stereocenters. The van der Waals surface area contributed by atoms with Gasteiger partial charge in [0.2, 0.25) is 5.91 Å². The Morgan fingerprint density at radius 2 is 2.20 bits per heavy atom. The molecule has 1 aromatic heterocycles. The Labute approximate surface area is 121 Å². The summed E-state index contributed by atoms with van der Waals surface area (Å²) in [7, 11) is 1.69. The van der Waals surface area contributed by atoms with Crippen LogP contribution in [0, 0.1) is 0 Å². The summed E-state index contributed by atoms with van der Waals surface area (Å²) in [6.45, 7) is 1.87. The number of rotatable bonds is 2. The molecule has 3 heterocycles. The zero-order chi connectivity index (χ0) is 13.7. The van der Waals surface area contributed by atoms with Gasteiger partial charge in [-0.2, -0.15) is 0 Å². The number of nitrogens with zero attached hydrogens (tertiary/aromatic N) is 1. The highest BCUT2D eigenvalue weighted by atomic mass is 32.1. The molecule has 0 saturated carbocycles. The van der Waals surface area contributed by atoms with E-state index in [9.17, 15) is 4.79 Å². The third-order valence-corrected chi connectivity index (χ3v) is 5.42. The molecule has 2 fully saturated rings. The lowest BCUT2D eigenvalue weighted by Crippen LogP contribution is -2.67. The molecule has 2 aliphatic heterocycles. The zero-order valence-corrected chi connectivity index (χ0v) is 12.1. The van der Waals surface area contributed by atoms with Crippen molar-refractivity contribution in [2.45, 2.75) is 18.4 Å². The van der Waals surface area contributed by atoms with Crippen molar-refractivity contribution >= 4 is 32.3 Å². The van der Waals surface area contributed by atoms with Crippen molar-refractivity contribution < 1.29 is 9.53 Å². The lowest BCUT2D eigenvalue weighted by atomic mass is 9.88. The molecule has 0 aliphatic carbocycles. The molecule has 5 heteroatoms. The summed E-state index contributed by atoms with van der Waals surface area (Å²) in [5, 5.41) is 5.62. The molecule has 0 radical (unpaired) electrons. The van der Waals surface area contributed by atoms with E-state index in [1.807, 2.05) is 6.07 Å². The van der Waals surface area contributed by atoms with Crippen LogP contribution in [0.4, 0.5) is 5.00 Å². The maximum absolute atomic E-state index is 11.4. The van der Waals surface area contributed by atoms with Gasteiger partial charge in [0, 0.05) is 24.2 Å². The highest BCUT2D eigenvalue weighted by molar-refractivity contribution is 7.22. The van der Waals surface area contributed by atoms with Crippen LogP contribution in [0.1, 0.15) is 12.8 Å². The van der Waals surface area contributed by atoms with E-state index in [4.69, 9.17) is 4.74 Å². The van der Waals surface area contributed by atoms with Crippen LogP contribution in [0.5, 0.6) is 5.75 Å². The summed E-state index contributed by atoms with van der Waals surface area (Å²) < 4.78 is 6.54. The third-order valence-electron chi connectivity index (χ3n) is 4.24. The first-order chi connectivity index (χ1) is 9.67. The van der Waals surface area contributed by atoms with Crippen molar-refractivity contribution in [3.8, 4) is 5.75 Å². The van der Waals surface area contributed by atoms with Crippen LogP contribution in [0.15, 0.2) is 24.3 Å². The molecular weight excluding hydrogens is 272 g/mol. The topological polar surface area (TPSA) is 41.6 Å². The van der Waals surface area contributed by atoms with Gasteiger partial charge in [-0.05, 0) is 36.1 Å². The Balaban J connectivity index is 1.57. The molecule has 20 heavy (non-hydrogen) atoms. The minimum absolute atomic E-state index is 0.0466. The van der Waals surface area contributed by atoms with E-state index >= 15 is 0 Å². The molecule has 2 aromatic rings. The molecule has 104 valence electrons. The number of methoxy groups -OCH3 is 1. The largest absolute Gasteiger partial charge is 0.497 e. The smallest absolute Gasteiger partial charge is 0.220 e. The summed E-state index contributed by atoms with van der Waals surface area (Å²) in [5.41, 5.74) is 0.0466. The monoisotopic (exact) mass is 288 g/mol. The van der Waals surface area contributed by atoms with E-state index in [2.05, 4.69) is 28.4 Å². The second-order valence-corrected chi connectivity index (χ2v) is 6.74. The first-order valence-corrected chi connectivity index (χ1v) is 7.63. The molecule has 1 amide bonds. The van der Waals surface area contributed by atoms with Crippen LogP contribution in [0.25, 0.3) is 10.1 Å². The molecular formula is C15H16N2O2S. The Hall–Kier alpha value is -1.75. The number of carbonyl (C=O) groups excluding carboxylic acids is 1. The van der Waals surface area contributed by atoms with Crippen LogP contribution in [0.2, 0.25) is 0 Å². The van der Waals surface area contributed by atoms with Gasteiger partial charge < -0.3 is 15.0 Å². The average Bonchev–Trinajstić information content (AvgIpc) is 2.99. The van der Waals surface area contributed by atoms with Crippen molar-refractivity contribution in [3.05, 3.63) is 24.3 Å². The fourth-order valence-corrected chi connectivity index (χ4v) is 4.18. The number of carbonyl (C=O) groups is 1. The Morgan fingerprint density at radius 1 is 1.35 bits per heavy atom. The number of fused-ring (bicyclic) bond motifs is 1. The van der Waals surface area contributed by atoms with Crippen molar-refractivity contribution in [1.29, 1.82) is 0 Å². The number of hydrogen-bond acceptors (Lipinski definition) is 4. The van der Waals surface area contributed by atoms with Gasteiger partial charge in [-0.1, -0.05) is 0 Å². The average molecular weight is 288 g/mol. The SMILES string of the molecule is COc1ccc2sc(N3CC4(CCC(=O)N4)C3)cc2c1. The highest BCUT2D eigenvalue weighted by Gasteiger charge is 2.47. The Bertz CT molecular complexity index is 688. The van der Waals surface area contributed by atoms with Gasteiger partial charge in [0.05, 0.1) is 17.6 Å². The van der Waals surface area contributed by atoms with Gasteiger partial charge in [0.15, 0.2) is 0 Å². The normalized spacial score (nSPS) is 20.2. The zero-order valence-electron chi connectivity index (χ0n) is 11.3. The summed E-state index contributed by atoms with van der Waals surface area (Å²) in [6, 6.07) is 8.39. The molecule has 1 aromatic carbocycles. The van der Waals surface area contributed by atoms with Gasteiger partial charge in [-0.3, -0.25) is 4.79 Å². The summed E-state index contributed by atoms with van der Waals surface area (Å²) >= 11 is 1.80. The minimum atomic E-state index is 0.0466. The van der Waals surface area contributed by atoms with Crippen LogP contribution in [-0.2, 0) is 4.79 Å². The minimum Gasteiger partial charge on any atom is -0.497 e. The van der Waals surface area contributed by atoms with E-state index in [0.29, 0.717) is 6.42 Å². The van der Waals surface area contributed by atoms with Crippen LogP contribution < -0.4 is 15.0 Å². The number of benzene rings is 1. The molecule has 0 bridgehead atoms. The van der Waals surface area contributed by atoms with Gasteiger partial charge in [0.25, 0.3) is 0 Å². The second-order valence-electron chi connectivity index (χ2n) is 5.67. The Kier molecular flexibility index (Phi) is 2.48. The van der Waals surface area contributed by atoms with Gasteiger partial charge in [0.1, 0.15) is 5.75 Å². The number of thiophene rings is 1. The van der Waals surface area contributed by atoms with Crippen LogP contribution in [-0.4, -0.2) is 31.6 Å². The second kappa shape index (κ2) is 4.12. The van der Waals surface area contributed by atoms with Gasteiger partial charge in [-0.25, -0.2) is 0 Å². The predicted molar refractivity (Wildman–Crippen MR) is 80.7 cm³/mol. The summed E-state index contributed by atoms with van der Waals surface area (Å²) in [4.78, 5) is 13.7. The van der Waals surface area contributed by atoms with E-state index in [1.54, 1.807) is 18.4 Å². The van der Waals surface area contributed by atoms with E-state index < -0.39 is 0 Å². The van der Waals surface area contributed by atoms with Crippen molar-refractivity contribution in [2.75, 3.05) is 25.1 Å². The fourth-order valence-electron chi connectivity index (χ4n) is 3.14. The molecule has 0 atom stereocenters.